The van der Waals surface area contributed by atoms with Gasteiger partial charge in [-0.3, -0.25) is 0 Å². The summed E-state index contributed by atoms with van der Waals surface area (Å²) >= 11 is -2.38. The molecule has 0 amide bonds. The molecule has 1 aromatic rings. The van der Waals surface area contributed by atoms with Crippen LogP contribution >= 0.6 is 0 Å². The molecule has 0 saturated heterocycles. The van der Waals surface area contributed by atoms with E-state index in [0.29, 0.717) is 5.88 Å². The third-order valence-electron chi connectivity index (χ3n) is 5.10. The molecule has 0 aromatic carbocycles. The number of rotatable bonds is 13. The van der Waals surface area contributed by atoms with Crippen LogP contribution < -0.4 is 8.90 Å². The Bertz CT molecular complexity index is 527. The van der Waals surface area contributed by atoms with E-state index in [0.717, 1.165) is 5.82 Å². The van der Waals surface area contributed by atoms with Gasteiger partial charge >= 0.3 is 173 Å². The molecule has 0 spiro atoms. The van der Waals surface area contributed by atoms with Gasteiger partial charge in [0.15, 0.2) is 0 Å². The van der Waals surface area contributed by atoms with Crippen LogP contribution in [0.4, 0.5) is 5.82 Å². The predicted octanol–water partition coefficient (Wildman–Crippen LogP) is 6.84. The number of aromatic nitrogens is 1. The topological polar surface area (TPSA) is 34.2 Å². The zero-order valence-electron chi connectivity index (χ0n) is 18.7. The third kappa shape index (κ3) is 8.89. The average molecular weight is 481 g/mol. The maximum atomic E-state index is 5.77. The molecule has 1 N–H and O–H groups in total. The van der Waals surface area contributed by atoms with Crippen LogP contribution in [-0.2, 0) is 4.74 Å². The number of nitrogens with zero attached hydrogens (tertiary/aromatic N) is 1. The Hall–Kier alpha value is -0.711. The molecule has 1 heterocycles. The standard InChI is InChI=1S/C11H15N2O.3C4H9.Sn/c1-9(14-11(2,3)4)13-10-7-5-6-8-12-10;3*1-3-4-2;/h5,7-8H,1H2,2-4H3,(H,12,13);3*1,3-4H2,2H3;. The summed E-state index contributed by atoms with van der Waals surface area (Å²) in [5, 5.41) is 3.20. The molecular formula is C23H42N2OSn. The van der Waals surface area contributed by atoms with Gasteiger partial charge < -0.3 is 0 Å². The zero-order valence-corrected chi connectivity index (χ0v) is 21.5. The fraction of sp³-hybridized carbons (Fsp3) is 0.696. The van der Waals surface area contributed by atoms with Crippen LogP contribution in [0.3, 0.4) is 0 Å². The van der Waals surface area contributed by atoms with E-state index in [1.807, 2.05) is 20.8 Å². The quantitative estimate of drug-likeness (QED) is 0.248. The molecule has 1 aromatic heterocycles. The fourth-order valence-electron chi connectivity index (χ4n) is 3.67. The second-order valence-corrected chi connectivity index (χ2v) is 22.0. The van der Waals surface area contributed by atoms with Crippen molar-refractivity contribution in [3.63, 3.8) is 0 Å². The molecular weight excluding hydrogens is 439 g/mol. The van der Waals surface area contributed by atoms with Crippen molar-refractivity contribution in [2.45, 2.75) is 99.0 Å². The van der Waals surface area contributed by atoms with Gasteiger partial charge in [0.05, 0.1) is 0 Å². The van der Waals surface area contributed by atoms with Gasteiger partial charge in [-0.1, -0.05) is 0 Å². The van der Waals surface area contributed by atoms with Crippen molar-refractivity contribution in [2.75, 3.05) is 5.32 Å². The predicted molar refractivity (Wildman–Crippen MR) is 122 cm³/mol. The summed E-state index contributed by atoms with van der Waals surface area (Å²) < 4.78 is 11.8. The van der Waals surface area contributed by atoms with E-state index < -0.39 is 18.4 Å². The Morgan fingerprint density at radius 2 is 1.52 bits per heavy atom. The van der Waals surface area contributed by atoms with Crippen molar-refractivity contribution in [2.24, 2.45) is 0 Å². The normalized spacial score (nSPS) is 12.1. The molecule has 1 rings (SSSR count). The Labute approximate surface area is 172 Å². The molecule has 0 aliphatic heterocycles. The molecule has 0 radical (unpaired) electrons. The van der Waals surface area contributed by atoms with E-state index in [2.05, 4.69) is 51.0 Å². The van der Waals surface area contributed by atoms with Gasteiger partial charge in [-0.05, 0) is 0 Å². The fourth-order valence-corrected chi connectivity index (χ4v) is 19.3. The number of nitrogens with one attached hydrogen (secondary N) is 1. The van der Waals surface area contributed by atoms with E-state index in [1.165, 1.54) is 51.8 Å². The van der Waals surface area contributed by atoms with Crippen molar-refractivity contribution in [3.8, 4) is 0 Å². The Kier molecular flexibility index (Phi) is 10.8. The van der Waals surface area contributed by atoms with Crippen molar-refractivity contribution in [3.05, 3.63) is 30.8 Å². The molecule has 27 heavy (non-hydrogen) atoms. The van der Waals surface area contributed by atoms with E-state index in [-0.39, 0.29) is 5.60 Å². The number of ether oxygens (including phenoxy) is 1. The summed E-state index contributed by atoms with van der Waals surface area (Å²) in [6.07, 6.45) is 10.2. The molecule has 0 atom stereocenters. The van der Waals surface area contributed by atoms with Gasteiger partial charge in [-0.2, -0.15) is 0 Å². The zero-order chi connectivity index (χ0) is 20.3. The van der Waals surface area contributed by atoms with Crippen LogP contribution in [0.2, 0.25) is 13.3 Å². The van der Waals surface area contributed by atoms with Gasteiger partial charge in [0, 0.05) is 0 Å². The number of pyridine rings is 1. The van der Waals surface area contributed by atoms with Crippen molar-refractivity contribution in [1.29, 1.82) is 0 Å². The van der Waals surface area contributed by atoms with Gasteiger partial charge in [0.1, 0.15) is 0 Å². The molecule has 0 unspecified atom stereocenters. The van der Waals surface area contributed by atoms with E-state index in [9.17, 15) is 0 Å². The summed E-state index contributed by atoms with van der Waals surface area (Å²) in [6.45, 7) is 17.0. The van der Waals surface area contributed by atoms with Gasteiger partial charge in [-0.15, -0.1) is 0 Å². The minimum atomic E-state index is -2.38. The molecule has 0 aliphatic rings. The summed E-state index contributed by atoms with van der Waals surface area (Å²) in [7, 11) is 0. The molecule has 3 nitrogen and oxygen atoms in total. The summed E-state index contributed by atoms with van der Waals surface area (Å²) in [5.74, 6) is 1.38. The second-order valence-electron chi connectivity index (χ2n) is 8.79. The number of anilines is 1. The Morgan fingerprint density at radius 3 is 1.89 bits per heavy atom. The van der Waals surface area contributed by atoms with E-state index in [1.54, 1.807) is 3.58 Å². The van der Waals surface area contributed by atoms with Crippen molar-refractivity contribution < 1.29 is 4.74 Å². The van der Waals surface area contributed by atoms with Crippen LogP contribution in [0.25, 0.3) is 0 Å². The van der Waals surface area contributed by atoms with Crippen molar-refractivity contribution >= 4 is 27.8 Å². The molecule has 154 valence electrons. The monoisotopic (exact) mass is 482 g/mol. The molecule has 0 saturated carbocycles. The average Bonchev–Trinajstić information content (AvgIpc) is 2.60. The third-order valence-corrected chi connectivity index (χ3v) is 20.7. The number of unbranched alkanes of at least 4 members (excludes halogenated alkanes) is 3. The van der Waals surface area contributed by atoms with Crippen LogP contribution in [0.1, 0.15) is 80.1 Å². The second kappa shape index (κ2) is 12.0. The summed E-state index contributed by atoms with van der Waals surface area (Å²) in [6, 6.07) is 4.48. The molecule has 4 heteroatoms. The number of hydrogen-bond donors (Lipinski definition) is 1. The summed E-state index contributed by atoms with van der Waals surface area (Å²) in [4.78, 5) is 4.74. The van der Waals surface area contributed by atoms with Crippen LogP contribution in [0, 0.1) is 0 Å². The SMILES string of the molecule is C=C(Nc1cc[c]([Sn]([CH2]CCC)([CH2]CCC)[CH2]CCC)cn1)OC(C)(C)C. The Balaban J connectivity index is 2.98. The summed E-state index contributed by atoms with van der Waals surface area (Å²) in [5.41, 5.74) is -0.254. The molecule has 0 fully saturated rings. The van der Waals surface area contributed by atoms with E-state index >= 15 is 0 Å². The van der Waals surface area contributed by atoms with Gasteiger partial charge in [0.2, 0.25) is 0 Å². The first-order valence-electron chi connectivity index (χ1n) is 10.9. The molecule has 0 bridgehead atoms. The van der Waals surface area contributed by atoms with Crippen LogP contribution in [-0.4, -0.2) is 29.0 Å². The molecule has 0 aliphatic carbocycles. The first kappa shape index (κ1) is 24.3. The number of hydrogen-bond acceptors (Lipinski definition) is 3. The van der Waals surface area contributed by atoms with E-state index in [4.69, 9.17) is 9.72 Å². The maximum absolute atomic E-state index is 5.77. The first-order chi connectivity index (χ1) is 12.8. The minimum absolute atomic E-state index is 0.254. The van der Waals surface area contributed by atoms with Crippen LogP contribution in [0.5, 0.6) is 0 Å². The first-order valence-corrected chi connectivity index (χ1v) is 18.4. The van der Waals surface area contributed by atoms with Gasteiger partial charge in [-0.25, -0.2) is 0 Å². The Morgan fingerprint density at radius 1 is 1.00 bits per heavy atom. The van der Waals surface area contributed by atoms with Crippen molar-refractivity contribution in [1.82, 2.24) is 4.98 Å². The van der Waals surface area contributed by atoms with Gasteiger partial charge in [0.25, 0.3) is 0 Å². The van der Waals surface area contributed by atoms with Crippen LogP contribution in [0.15, 0.2) is 30.8 Å².